The molecule has 0 heterocycles. The third-order valence-corrected chi connectivity index (χ3v) is 1.64. The van der Waals surface area contributed by atoms with Gasteiger partial charge in [-0.05, 0) is 13.3 Å². The summed E-state index contributed by atoms with van der Waals surface area (Å²) in [6.45, 7) is 5.12. The Labute approximate surface area is 90.0 Å². The SMILES string of the molecule is CCC(=O)C(CC)C(C)=O.[Na]. The second-order valence-corrected chi connectivity index (χ2v) is 2.39. The first-order valence-electron chi connectivity index (χ1n) is 3.66. The Bertz CT molecular complexity index is 143. The minimum Gasteiger partial charge on any atom is -0.299 e. The number of carbonyl (C=O) groups is 2. The molecule has 0 spiro atoms. The Morgan fingerprint density at radius 3 is 1.82 bits per heavy atom. The van der Waals surface area contributed by atoms with Crippen molar-refractivity contribution < 1.29 is 9.59 Å². The molecule has 0 saturated carbocycles. The fraction of sp³-hybridized carbons (Fsp3) is 0.750. The number of Topliss-reactive ketones (excluding diaryl/α,β-unsaturated/α-hetero) is 2. The summed E-state index contributed by atoms with van der Waals surface area (Å²) in [5, 5.41) is 0. The summed E-state index contributed by atoms with van der Waals surface area (Å²) in [7, 11) is 0. The molecule has 0 fully saturated rings. The van der Waals surface area contributed by atoms with Crippen molar-refractivity contribution in [3.05, 3.63) is 0 Å². The van der Waals surface area contributed by atoms with E-state index in [-0.39, 0.29) is 47.0 Å². The summed E-state index contributed by atoms with van der Waals surface area (Å²) in [5.41, 5.74) is 0. The third-order valence-electron chi connectivity index (χ3n) is 1.64. The van der Waals surface area contributed by atoms with Crippen LogP contribution in [0, 0.1) is 5.92 Å². The second kappa shape index (κ2) is 7.01. The summed E-state index contributed by atoms with van der Waals surface area (Å²) in [4.78, 5) is 21.7. The molecule has 0 amide bonds. The fourth-order valence-electron chi connectivity index (χ4n) is 0.988. The molecule has 0 aromatic carbocycles. The topological polar surface area (TPSA) is 34.1 Å². The van der Waals surface area contributed by atoms with Crippen molar-refractivity contribution in [2.45, 2.75) is 33.6 Å². The van der Waals surface area contributed by atoms with E-state index in [4.69, 9.17) is 0 Å². The van der Waals surface area contributed by atoms with E-state index in [2.05, 4.69) is 0 Å². The summed E-state index contributed by atoms with van der Waals surface area (Å²) in [6, 6.07) is 0. The van der Waals surface area contributed by atoms with Gasteiger partial charge in [0.2, 0.25) is 0 Å². The largest absolute Gasteiger partial charge is 0.299 e. The molecule has 1 atom stereocenters. The van der Waals surface area contributed by atoms with E-state index in [0.717, 1.165) is 0 Å². The van der Waals surface area contributed by atoms with Crippen molar-refractivity contribution in [1.82, 2.24) is 0 Å². The van der Waals surface area contributed by atoms with Gasteiger partial charge in [-0.15, -0.1) is 0 Å². The molecule has 0 N–H and O–H groups in total. The molecule has 1 radical (unpaired) electrons. The van der Waals surface area contributed by atoms with Gasteiger partial charge in [-0.3, -0.25) is 9.59 Å². The molecule has 59 valence electrons. The number of hydrogen-bond acceptors (Lipinski definition) is 2. The van der Waals surface area contributed by atoms with Gasteiger partial charge in [0.1, 0.15) is 11.6 Å². The molecule has 0 aliphatic carbocycles. The van der Waals surface area contributed by atoms with Crippen LogP contribution in [0.25, 0.3) is 0 Å². The van der Waals surface area contributed by atoms with Crippen LogP contribution in [-0.2, 0) is 9.59 Å². The van der Waals surface area contributed by atoms with Gasteiger partial charge >= 0.3 is 0 Å². The maximum Gasteiger partial charge on any atom is 0.143 e. The summed E-state index contributed by atoms with van der Waals surface area (Å²) in [6.07, 6.45) is 1.11. The van der Waals surface area contributed by atoms with Gasteiger partial charge in [-0.1, -0.05) is 13.8 Å². The maximum atomic E-state index is 11.0. The number of hydrogen-bond donors (Lipinski definition) is 0. The molecule has 0 saturated heterocycles. The predicted molar refractivity (Wildman–Crippen MR) is 45.5 cm³/mol. The Hall–Kier alpha value is 0.340. The van der Waals surface area contributed by atoms with Crippen LogP contribution in [0.5, 0.6) is 0 Å². The Kier molecular flexibility index (Phi) is 8.86. The zero-order valence-corrected chi connectivity index (χ0v) is 9.81. The van der Waals surface area contributed by atoms with Crippen molar-refractivity contribution in [2.75, 3.05) is 0 Å². The molecule has 2 nitrogen and oxygen atoms in total. The van der Waals surface area contributed by atoms with E-state index in [0.29, 0.717) is 12.8 Å². The molecule has 0 aliphatic rings. The van der Waals surface area contributed by atoms with E-state index in [1.165, 1.54) is 6.92 Å². The van der Waals surface area contributed by atoms with Crippen molar-refractivity contribution in [3.8, 4) is 0 Å². The quantitative estimate of drug-likeness (QED) is 0.463. The van der Waals surface area contributed by atoms with Crippen molar-refractivity contribution in [2.24, 2.45) is 5.92 Å². The van der Waals surface area contributed by atoms with Crippen LogP contribution in [0.2, 0.25) is 0 Å². The smallest absolute Gasteiger partial charge is 0.143 e. The normalized spacial score (nSPS) is 11.5. The molecule has 3 heteroatoms. The van der Waals surface area contributed by atoms with E-state index in [9.17, 15) is 9.59 Å². The standard InChI is InChI=1S/C8H14O2.Na/c1-4-7(6(3)9)8(10)5-2;/h7H,4-5H2,1-3H3;. The van der Waals surface area contributed by atoms with Crippen LogP contribution >= 0.6 is 0 Å². The van der Waals surface area contributed by atoms with E-state index < -0.39 is 0 Å². The maximum absolute atomic E-state index is 11.0. The van der Waals surface area contributed by atoms with Crippen LogP contribution in [-0.4, -0.2) is 41.1 Å². The number of ketones is 2. The molecule has 0 aromatic rings. The van der Waals surface area contributed by atoms with Crippen molar-refractivity contribution >= 4 is 41.1 Å². The van der Waals surface area contributed by atoms with Crippen molar-refractivity contribution in [3.63, 3.8) is 0 Å². The van der Waals surface area contributed by atoms with Crippen LogP contribution in [0.4, 0.5) is 0 Å². The van der Waals surface area contributed by atoms with E-state index >= 15 is 0 Å². The first-order chi connectivity index (χ1) is 4.63. The molecule has 11 heavy (non-hydrogen) atoms. The van der Waals surface area contributed by atoms with Crippen LogP contribution in [0.15, 0.2) is 0 Å². The van der Waals surface area contributed by atoms with E-state index in [1.807, 2.05) is 6.92 Å². The van der Waals surface area contributed by atoms with Gasteiger partial charge in [-0.2, -0.15) is 0 Å². The Morgan fingerprint density at radius 1 is 1.27 bits per heavy atom. The van der Waals surface area contributed by atoms with Crippen LogP contribution in [0.3, 0.4) is 0 Å². The minimum atomic E-state index is -0.343. The third kappa shape index (κ3) is 4.72. The van der Waals surface area contributed by atoms with Gasteiger partial charge in [0, 0.05) is 36.0 Å². The number of rotatable bonds is 4. The van der Waals surface area contributed by atoms with Gasteiger partial charge < -0.3 is 0 Å². The Morgan fingerprint density at radius 2 is 1.73 bits per heavy atom. The van der Waals surface area contributed by atoms with E-state index in [1.54, 1.807) is 6.92 Å². The molecule has 1 unspecified atom stereocenters. The summed E-state index contributed by atoms with van der Waals surface area (Å²) >= 11 is 0. The van der Waals surface area contributed by atoms with Gasteiger partial charge in [0.15, 0.2) is 0 Å². The number of carbonyl (C=O) groups excluding carboxylic acids is 2. The van der Waals surface area contributed by atoms with Gasteiger partial charge in [0.25, 0.3) is 0 Å². The molecule has 0 rings (SSSR count). The molecular formula is C8H14NaO2. The summed E-state index contributed by atoms with van der Waals surface area (Å²) in [5.74, 6) is -0.283. The fourth-order valence-corrected chi connectivity index (χ4v) is 0.988. The predicted octanol–water partition coefficient (Wildman–Crippen LogP) is 1.20. The van der Waals surface area contributed by atoms with Crippen LogP contribution in [0.1, 0.15) is 33.6 Å². The molecule has 0 aliphatic heterocycles. The summed E-state index contributed by atoms with van der Waals surface area (Å²) < 4.78 is 0. The molecule has 0 aromatic heterocycles. The minimum absolute atomic E-state index is 0. The average molecular weight is 165 g/mol. The van der Waals surface area contributed by atoms with Crippen molar-refractivity contribution in [1.29, 1.82) is 0 Å². The Balaban J connectivity index is 0. The monoisotopic (exact) mass is 165 g/mol. The van der Waals surface area contributed by atoms with Crippen LogP contribution < -0.4 is 0 Å². The molecular weight excluding hydrogens is 151 g/mol. The second-order valence-electron chi connectivity index (χ2n) is 2.39. The van der Waals surface area contributed by atoms with Gasteiger partial charge in [0.05, 0.1) is 5.92 Å². The molecule has 0 bridgehead atoms. The first-order valence-corrected chi connectivity index (χ1v) is 3.66. The first kappa shape index (κ1) is 13.9. The van der Waals surface area contributed by atoms with Gasteiger partial charge in [-0.25, -0.2) is 0 Å². The zero-order chi connectivity index (χ0) is 8.15. The zero-order valence-electron chi connectivity index (χ0n) is 7.81. The average Bonchev–Trinajstić information content (AvgIpc) is 1.88.